The van der Waals surface area contributed by atoms with Crippen LogP contribution in [0.3, 0.4) is 0 Å². The largest absolute Gasteiger partial charge is 0.289 e. The Balaban J connectivity index is 2.37. The van der Waals surface area contributed by atoms with Crippen LogP contribution in [-0.4, -0.2) is 11.0 Å². The summed E-state index contributed by atoms with van der Waals surface area (Å²) < 4.78 is 0. The molecule has 0 aromatic heterocycles. The first kappa shape index (κ1) is 12.5. The van der Waals surface area contributed by atoms with E-state index in [9.17, 15) is 9.59 Å². The molecule has 18 heavy (non-hydrogen) atoms. The van der Waals surface area contributed by atoms with Crippen molar-refractivity contribution in [3.8, 4) is 0 Å². The zero-order chi connectivity index (χ0) is 13.1. The molecule has 0 fully saturated rings. The summed E-state index contributed by atoms with van der Waals surface area (Å²) in [5.74, 6) is -0.116. The summed E-state index contributed by atoms with van der Waals surface area (Å²) in [6.45, 7) is 1.96. The SMILES string of the molecule is Cc1ccc(C(=O)c2cccc(C(=O)Cl)c2)cc1. The van der Waals surface area contributed by atoms with Crippen LogP contribution in [0.4, 0.5) is 0 Å². The van der Waals surface area contributed by atoms with Gasteiger partial charge < -0.3 is 0 Å². The first-order chi connectivity index (χ1) is 8.58. The minimum atomic E-state index is -0.562. The second kappa shape index (κ2) is 5.15. The Labute approximate surface area is 110 Å². The van der Waals surface area contributed by atoms with Crippen LogP contribution in [0.2, 0.25) is 0 Å². The lowest BCUT2D eigenvalue weighted by molar-refractivity contribution is 0.103. The third kappa shape index (κ3) is 2.66. The maximum absolute atomic E-state index is 12.2. The zero-order valence-electron chi connectivity index (χ0n) is 9.81. The quantitative estimate of drug-likeness (QED) is 0.623. The first-order valence-electron chi connectivity index (χ1n) is 5.49. The Bertz CT molecular complexity index is 600. The lowest BCUT2D eigenvalue weighted by atomic mass is 10.0. The number of rotatable bonds is 3. The third-order valence-corrected chi connectivity index (χ3v) is 2.88. The number of carbonyl (C=O) groups excluding carboxylic acids is 2. The molecule has 2 rings (SSSR count). The van der Waals surface area contributed by atoms with E-state index in [0.717, 1.165) is 5.56 Å². The van der Waals surface area contributed by atoms with Gasteiger partial charge in [0, 0.05) is 16.7 Å². The van der Waals surface area contributed by atoms with Gasteiger partial charge >= 0.3 is 0 Å². The van der Waals surface area contributed by atoms with E-state index >= 15 is 0 Å². The van der Waals surface area contributed by atoms with Crippen LogP contribution in [0.25, 0.3) is 0 Å². The third-order valence-electron chi connectivity index (χ3n) is 2.67. The minimum Gasteiger partial charge on any atom is -0.289 e. The van der Waals surface area contributed by atoms with Gasteiger partial charge in [0.1, 0.15) is 0 Å². The Hall–Kier alpha value is -1.93. The molecule has 0 N–H and O–H groups in total. The molecule has 0 atom stereocenters. The molecular weight excluding hydrogens is 248 g/mol. The van der Waals surface area contributed by atoms with Crippen LogP contribution in [-0.2, 0) is 0 Å². The molecule has 0 saturated carbocycles. The van der Waals surface area contributed by atoms with E-state index in [4.69, 9.17) is 11.6 Å². The molecule has 2 nitrogen and oxygen atoms in total. The van der Waals surface area contributed by atoms with Gasteiger partial charge in [-0.05, 0) is 24.6 Å². The zero-order valence-corrected chi connectivity index (χ0v) is 10.6. The molecule has 3 heteroatoms. The van der Waals surface area contributed by atoms with Gasteiger partial charge in [0.15, 0.2) is 5.78 Å². The maximum atomic E-state index is 12.2. The van der Waals surface area contributed by atoms with Gasteiger partial charge in [-0.15, -0.1) is 0 Å². The number of halogens is 1. The maximum Gasteiger partial charge on any atom is 0.252 e. The summed E-state index contributed by atoms with van der Waals surface area (Å²) in [7, 11) is 0. The highest BCUT2D eigenvalue weighted by atomic mass is 35.5. The van der Waals surface area contributed by atoms with E-state index in [-0.39, 0.29) is 5.78 Å². The van der Waals surface area contributed by atoms with Crippen molar-refractivity contribution in [2.45, 2.75) is 6.92 Å². The fourth-order valence-corrected chi connectivity index (χ4v) is 1.77. The van der Waals surface area contributed by atoms with Crippen molar-refractivity contribution in [2.75, 3.05) is 0 Å². The normalized spacial score (nSPS) is 10.1. The highest BCUT2D eigenvalue weighted by molar-refractivity contribution is 6.67. The summed E-state index contributed by atoms with van der Waals surface area (Å²) in [5.41, 5.74) is 2.48. The smallest absolute Gasteiger partial charge is 0.252 e. The topological polar surface area (TPSA) is 34.1 Å². The summed E-state index contributed by atoms with van der Waals surface area (Å²) in [6.07, 6.45) is 0. The number of aryl methyl sites for hydroxylation is 1. The van der Waals surface area contributed by atoms with Gasteiger partial charge in [0.25, 0.3) is 5.24 Å². The van der Waals surface area contributed by atoms with Gasteiger partial charge in [-0.25, -0.2) is 0 Å². The summed E-state index contributed by atoms with van der Waals surface area (Å²) in [4.78, 5) is 23.2. The highest BCUT2D eigenvalue weighted by Crippen LogP contribution is 2.13. The van der Waals surface area contributed by atoms with Crippen LogP contribution < -0.4 is 0 Å². The molecule has 2 aromatic rings. The van der Waals surface area contributed by atoms with Gasteiger partial charge in [-0.2, -0.15) is 0 Å². The molecule has 0 radical (unpaired) electrons. The molecule has 0 amide bonds. The van der Waals surface area contributed by atoms with Crippen molar-refractivity contribution in [1.29, 1.82) is 0 Å². The molecular formula is C15H11ClO2. The van der Waals surface area contributed by atoms with Gasteiger partial charge in [0.2, 0.25) is 0 Å². The highest BCUT2D eigenvalue weighted by Gasteiger charge is 2.10. The molecule has 0 aliphatic carbocycles. The molecule has 0 aliphatic heterocycles. The molecule has 0 unspecified atom stereocenters. The van der Waals surface area contributed by atoms with Crippen molar-refractivity contribution in [3.05, 3.63) is 70.8 Å². The number of hydrogen-bond acceptors (Lipinski definition) is 2. The second-order valence-corrected chi connectivity index (χ2v) is 4.39. The monoisotopic (exact) mass is 258 g/mol. The van der Waals surface area contributed by atoms with E-state index in [2.05, 4.69) is 0 Å². The van der Waals surface area contributed by atoms with Crippen molar-refractivity contribution in [2.24, 2.45) is 0 Å². The Morgan fingerprint density at radius 2 is 1.50 bits per heavy atom. The minimum absolute atomic E-state index is 0.116. The molecule has 90 valence electrons. The predicted molar refractivity (Wildman–Crippen MR) is 71.2 cm³/mol. The average Bonchev–Trinajstić information content (AvgIpc) is 2.39. The summed E-state index contributed by atoms with van der Waals surface area (Å²) in [5, 5.41) is -0.562. The van der Waals surface area contributed by atoms with E-state index in [1.54, 1.807) is 30.3 Å². The molecule has 0 aliphatic rings. The Morgan fingerprint density at radius 1 is 0.889 bits per heavy atom. The van der Waals surface area contributed by atoms with E-state index in [1.165, 1.54) is 6.07 Å². The summed E-state index contributed by atoms with van der Waals surface area (Å²) in [6, 6.07) is 13.7. The van der Waals surface area contributed by atoms with Crippen molar-refractivity contribution in [1.82, 2.24) is 0 Å². The number of benzene rings is 2. The van der Waals surface area contributed by atoms with Crippen LogP contribution in [0.1, 0.15) is 31.8 Å². The van der Waals surface area contributed by atoms with E-state index < -0.39 is 5.24 Å². The van der Waals surface area contributed by atoms with Crippen molar-refractivity contribution in [3.63, 3.8) is 0 Å². The number of ketones is 1. The predicted octanol–water partition coefficient (Wildman–Crippen LogP) is 3.61. The average molecular weight is 259 g/mol. The lowest BCUT2D eigenvalue weighted by Gasteiger charge is -2.03. The number of hydrogen-bond donors (Lipinski definition) is 0. The van der Waals surface area contributed by atoms with Gasteiger partial charge in [0.05, 0.1) is 0 Å². The van der Waals surface area contributed by atoms with Crippen LogP contribution in [0, 0.1) is 6.92 Å². The van der Waals surface area contributed by atoms with Crippen LogP contribution in [0.5, 0.6) is 0 Å². The Morgan fingerprint density at radius 3 is 2.11 bits per heavy atom. The van der Waals surface area contributed by atoms with E-state index in [1.807, 2.05) is 19.1 Å². The second-order valence-electron chi connectivity index (χ2n) is 4.05. The molecule has 0 heterocycles. The molecule has 0 bridgehead atoms. The molecule has 0 spiro atoms. The fraction of sp³-hybridized carbons (Fsp3) is 0.0667. The van der Waals surface area contributed by atoms with Gasteiger partial charge in [-0.3, -0.25) is 9.59 Å². The molecule has 0 saturated heterocycles. The number of carbonyl (C=O) groups is 2. The first-order valence-corrected chi connectivity index (χ1v) is 5.87. The molecule has 2 aromatic carbocycles. The Kier molecular flexibility index (Phi) is 3.58. The van der Waals surface area contributed by atoms with E-state index in [0.29, 0.717) is 16.7 Å². The van der Waals surface area contributed by atoms with Crippen LogP contribution >= 0.6 is 11.6 Å². The summed E-state index contributed by atoms with van der Waals surface area (Å²) >= 11 is 5.40. The van der Waals surface area contributed by atoms with Crippen molar-refractivity contribution < 1.29 is 9.59 Å². The van der Waals surface area contributed by atoms with Crippen LogP contribution in [0.15, 0.2) is 48.5 Å². The fourth-order valence-electron chi connectivity index (χ4n) is 1.65. The lowest BCUT2D eigenvalue weighted by Crippen LogP contribution is -2.02. The standard InChI is InChI=1S/C15H11ClO2/c1-10-5-7-11(8-6-10)14(17)12-3-2-4-13(9-12)15(16)18/h2-9H,1H3. The van der Waals surface area contributed by atoms with Gasteiger partial charge in [-0.1, -0.05) is 48.0 Å². The van der Waals surface area contributed by atoms with Crippen molar-refractivity contribution >= 4 is 22.6 Å².